The number of nitriles is 1. The number of hydrogen-bond donors (Lipinski definition) is 1. The average molecular weight is 582 g/mol. The number of fused-ring (bicyclic) bond motifs is 6. The summed E-state index contributed by atoms with van der Waals surface area (Å²) in [6, 6.07) is 28.8. The molecule has 4 aromatic carbocycles. The molecule has 3 aliphatic rings. The van der Waals surface area contributed by atoms with Gasteiger partial charge in [-0.3, -0.25) is 14.4 Å². The van der Waals surface area contributed by atoms with E-state index in [4.69, 9.17) is 9.47 Å². The van der Waals surface area contributed by atoms with Gasteiger partial charge in [-0.1, -0.05) is 66.7 Å². The largest absolute Gasteiger partial charge is 0.497 e. The molecular weight excluding hydrogens is 554 g/mol. The van der Waals surface area contributed by atoms with Crippen molar-refractivity contribution in [3.05, 3.63) is 131 Å². The van der Waals surface area contributed by atoms with Crippen LogP contribution in [0.5, 0.6) is 11.5 Å². The minimum atomic E-state index is -1.46. The van der Waals surface area contributed by atoms with Gasteiger partial charge in [0.2, 0.25) is 5.91 Å². The van der Waals surface area contributed by atoms with E-state index >= 15 is 0 Å². The molecule has 8 nitrogen and oxygen atoms in total. The number of benzene rings is 4. The molecule has 0 radical (unpaired) electrons. The van der Waals surface area contributed by atoms with Crippen molar-refractivity contribution in [3.63, 3.8) is 0 Å². The maximum absolute atomic E-state index is 15.0. The first-order chi connectivity index (χ1) is 21.5. The number of nitrogens with one attached hydrogen (secondary N) is 1. The van der Waals surface area contributed by atoms with Crippen LogP contribution in [-0.4, -0.2) is 42.1 Å². The molecule has 7 rings (SSSR count). The van der Waals surface area contributed by atoms with Gasteiger partial charge < -0.3 is 19.7 Å². The molecule has 0 saturated carbocycles. The standard InChI is InChI=1S/C36H27N3O5/c1-43-24-11-8-10-23(21-24)32(40)30-31(33(41)26-13-4-7-16-29(26)44-20-18-37)39-19-17-22-9-2-3-12-25(22)34(39)36(30)27-14-5-6-15-28(27)38-35(36)42/h2-17,19,21,30-31,34H,20H2,1H3,(H,38,42)/t30-,31+,34+,36-/m0/s1. The number of rotatable bonds is 7. The SMILES string of the molecule is COc1cccc(C(=O)[C@@H]2[C@H](C(=O)c3ccccc3OCC#N)N3C=Cc4ccccc4[C@@H]3[C@@]23C(=O)Nc2ccccc23)c1. The minimum absolute atomic E-state index is 0.228. The molecule has 216 valence electrons. The second-order valence-corrected chi connectivity index (χ2v) is 11.0. The first-order valence-electron chi connectivity index (χ1n) is 14.3. The van der Waals surface area contributed by atoms with Crippen molar-refractivity contribution in [2.24, 2.45) is 5.92 Å². The molecule has 0 aromatic heterocycles. The highest BCUT2D eigenvalue weighted by Crippen LogP contribution is 2.62. The number of ether oxygens (including phenoxy) is 2. The Bertz CT molecular complexity index is 1910. The molecule has 8 heteroatoms. The maximum atomic E-state index is 15.0. The number of para-hydroxylation sites is 2. The summed E-state index contributed by atoms with van der Waals surface area (Å²) >= 11 is 0. The van der Waals surface area contributed by atoms with Gasteiger partial charge in [-0.05, 0) is 53.1 Å². The summed E-state index contributed by atoms with van der Waals surface area (Å²) in [5.41, 5.74) is 2.12. The van der Waals surface area contributed by atoms with Crippen LogP contribution in [0.15, 0.2) is 103 Å². The van der Waals surface area contributed by atoms with Gasteiger partial charge in [0.1, 0.15) is 29.0 Å². The zero-order valence-corrected chi connectivity index (χ0v) is 23.8. The summed E-state index contributed by atoms with van der Waals surface area (Å²) in [7, 11) is 1.52. The van der Waals surface area contributed by atoms with Crippen molar-refractivity contribution in [3.8, 4) is 17.6 Å². The smallest absolute Gasteiger partial charge is 0.238 e. The van der Waals surface area contributed by atoms with Gasteiger partial charge in [0.15, 0.2) is 18.2 Å². The van der Waals surface area contributed by atoms with E-state index in [1.54, 1.807) is 48.5 Å². The normalized spacial score (nSPS) is 22.4. The van der Waals surface area contributed by atoms with Crippen LogP contribution in [-0.2, 0) is 10.2 Å². The summed E-state index contributed by atoms with van der Waals surface area (Å²) in [5, 5.41) is 12.2. The highest BCUT2D eigenvalue weighted by atomic mass is 16.5. The van der Waals surface area contributed by atoms with Gasteiger partial charge in [-0.15, -0.1) is 0 Å². The molecule has 3 aliphatic heterocycles. The van der Waals surface area contributed by atoms with Gasteiger partial charge >= 0.3 is 0 Å². The Morgan fingerprint density at radius 2 is 1.73 bits per heavy atom. The van der Waals surface area contributed by atoms with E-state index < -0.39 is 23.4 Å². The Balaban J connectivity index is 1.52. The van der Waals surface area contributed by atoms with Crippen molar-refractivity contribution < 1.29 is 23.9 Å². The first kappa shape index (κ1) is 27.2. The van der Waals surface area contributed by atoms with Crippen LogP contribution in [0.25, 0.3) is 6.08 Å². The molecule has 0 bridgehead atoms. The van der Waals surface area contributed by atoms with Crippen molar-refractivity contribution in [2.75, 3.05) is 19.0 Å². The summed E-state index contributed by atoms with van der Waals surface area (Å²) < 4.78 is 11.1. The summed E-state index contributed by atoms with van der Waals surface area (Å²) in [5.74, 6) is -1.50. The minimum Gasteiger partial charge on any atom is -0.497 e. The number of carbonyl (C=O) groups is 3. The van der Waals surface area contributed by atoms with Crippen LogP contribution in [0.2, 0.25) is 0 Å². The van der Waals surface area contributed by atoms with Crippen molar-refractivity contribution in [2.45, 2.75) is 17.5 Å². The molecule has 1 spiro atoms. The van der Waals surface area contributed by atoms with E-state index in [1.807, 2.05) is 71.8 Å². The number of ketones is 2. The molecule has 1 fully saturated rings. The van der Waals surface area contributed by atoms with E-state index in [2.05, 4.69) is 5.32 Å². The monoisotopic (exact) mass is 581 g/mol. The van der Waals surface area contributed by atoms with Crippen LogP contribution in [0, 0.1) is 17.2 Å². The lowest BCUT2D eigenvalue weighted by Crippen LogP contribution is -2.49. The Kier molecular flexibility index (Phi) is 6.51. The third kappa shape index (κ3) is 3.86. The maximum Gasteiger partial charge on any atom is 0.238 e. The second kappa shape index (κ2) is 10.5. The molecule has 4 aromatic rings. The number of amides is 1. The molecule has 4 atom stereocenters. The molecule has 1 amide bonds. The van der Waals surface area contributed by atoms with Gasteiger partial charge in [0, 0.05) is 17.5 Å². The highest BCUT2D eigenvalue weighted by Gasteiger charge is 2.70. The highest BCUT2D eigenvalue weighted by molar-refractivity contribution is 6.17. The summed E-state index contributed by atoms with van der Waals surface area (Å²) in [6.45, 7) is -0.250. The lowest BCUT2D eigenvalue weighted by atomic mass is 9.62. The molecule has 3 heterocycles. The van der Waals surface area contributed by atoms with Gasteiger partial charge in [0.25, 0.3) is 0 Å². The molecule has 1 N–H and O–H groups in total. The zero-order valence-electron chi connectivity index (χ0n) is 23.8. The molecule has 0 unspecified atom stereocenters. The van der Waals surface area contributed by atoms with Gasteiger partial charge in [-0.2, -0.15) is 5.26 Å². The molecular formula is C36H27N3O5. The lowest BCUT2D eigenvalue weighted by Gasteiger charge is -2.38. The number of anilines is 1. The van der Waals surface area contributed by atoms with E-state index in [1.165, 1.54) is 7.11 Å². The molecule has 1 saturated heterocycles. The van der Waals surface area contributed by atoms with E-state index in [9.17, 15) is 19.6 Å². The van der Waals surface area contributed by atoms with Gasteiger partial charge in [0.05, 0.1) is 24.6 Å². The third-order valence-corrected chi connectivity index (χ3v) is 8.92. The van der Waals surface area contributed by atoms with E-state index in [-0.39, 0.29) is 35.4 Å². The van der Waals surface area contributed by atoms with Crippen LogP contribution < -0.4 is 14.8 Å². The number of methoxy groups -OCH3 is 1. The average Bonchev–Trinajstić information content (AvgIpc) is 3.55. The lowest BCUT2D eigenvalue weighted by molar-refractivity contribution is -0.122. The number of nitrogens with zero attached hydrogens (tertiary/aromatic N) is 2. The Hall–Kier alpha value is -5.68. The Morgan fingerprint density at radius 3 is 2.57 bits per heavy atom. The predicted molar refractivity (Wildman–Crippen MR) is 163 cm³/mol. The van der Waals surface area contributed by atoms with Crippen molar-refractivity contribution in [1.29, 1.82) is 5.26 Å². The van der Waals surface area contributed by atoms with Crippen LogP contribution in [0.1, 0.15) is 43.4 Å². The quantitative estimate of drug-likeness (QED) is 0.284. The number of Topliss-reactive ketones (excluding diaryl/α,β-unsaturated/α-hetero) is 2. The fourth-order valence-corrected chi connectivity index (χ4v) is 7.19. The van der Waals surface area contributed by atoms with E-state index in [0.717, 1.165) is 11.1 Å². The van der Waals surface area contributed by atoms with Crippen LogP contribution >= 0.6 is 0 Å². The number of hydrogen-bond acceptors (Lipinski definition) is 7. The van der Waals surface area contributed by atoms with E-state index in [0.29, 0.717) is 22.6 Å². The van der Waals surface area contributed by atoms with Crippen LogP contribution in [0.4, 0.5) is 5.69 Å². The molecule has 0 aliphatic carbocycles. The second-order valence-electron chi connectivity index (χ2n) is 11.0. The topological polar surface area (TPSA) is 109 Å². The first-order valence-corrected chi connectivity index (χ1v) is 14.3. The van der Waals surface area contributed by atoms with Crippen LogP contribution in [0.3, 0.4) is 0 Å². The zero-order chi connectivity index (χ0) is 30.4. The Morgan fingerprint density at radius 1 is 0.955 bits per heavy atom. The summed E-state index contributed by atoms with van der Waals surface area (Å²) in [4.78, 5) is 46.3. The number of carbonyl (C=O) groups excluding carboxylic acids is 3. The predicted octanol–water partition coefficient (Wildman–Crippen LogP) is 5.58. The van der Waals surface area contributed by atoms with Crippen molar-refractivity contribution in [1.82, 2.24) is 4.90 Å². The fraction of sp³-hybridized carbons (Fsp3) is 0.167. The summed E-state index contributed by atoms with van der Waals surface area (Å²) in [6.07, 6.45) is 3.73. The van der Waals surface area contributed by atoms with Gasteiger partial charge in [-0.25, -0.2) is 0 Å². The Labute approximate surface area is 254 Å². The third-order valence-electron chi connectivity index (χ3n) is 8.92. The molecule has 44 heavy (non-hydrogen) atoms. The fourth-order valence-electron chi connectivity index (χ4n) is 7.19. The van der Waals surface area contributed by atoms with Crippen molar-refractivity contribution >= 4 is 29.2 Å².